The van der Waals surface area contributed by atoms with Gasteiger partial charge in [-0.15, -0.1) is 0 Å². The van der Waals surface area contributed by atoms with Gasteiger partial charge in [0.25, 0.3) is 0 Å². The summed E-state index contributed by atoms with van der Waals surface area (Å²) in [7, 11) is 0. The molecular weight excluding hydrogens is 292 g/mol. The van der Waals surface area contributed by atoms with E-state index in [0.717, 1.165) is 5.69 Å². The zero-order valence-corrected chi connectivity index (χ0v) is 12.0. The van der Waals surface area contributed by atoms with E-state index in [-0.39, 0.29) is 5.56 Å². The Balaban J connectivity index is 1.80. The maximum atomic E-state index is 14.5. The number of aryl methyl sites for hydroxylation is 2. The third-order valence-electron chi connectivity index (χ3n) is 3.69. The molecule has 1 aromatic heterocycles. The first-order valence-electron chi connectivity index (χ1n) is 7.09. The van der Waals surface area contributed by atoms with E-state index in [0.29, 0.717) is 38.3 Å². The van der Waals surface area contributed by atoms with E-state index in [4.69, 9.17) is 15.2 Å². The van der Waals surface area contributed by atoms with E-state index in [1.807, 2.05) is 4.57 Å². The summed E-state index contributed by atoms with van der Waals surface area (Å²) >= 11 is 0. The van der Waals surface area contributed by atoms with Crippen LogP contribution in [-0.4, -0.2) is 22.8 Å². The minimum atomic E-state index is -0.965. The fourth-order valence-corrected chi connectivity index (χ4v) is 2.51. The highest BCUT2D eigenvalue weighted by Gasteiger charge is 2.27. The number of benzene rings is 1. The Morgan fingerprint density at radius 1 is 1.27 bits per heavy atom. The van der Waals surface area contributed by atoms with Gasteiger partial charge in [0.15, 0.2) is 6.29 Å². The Morgan fingerprint density at radius 2 is 2.05 bits per heavy atom. The molecule has 2 aromatic rings. The zero-order valence-electron chi connectivity index (χ0n) is 12.0. The Morgan fingerprint density at radius 3 is 2.77 bits per heavy atom. The molecule has 1 aromatic carbocycles. The number of rotatable bonds is 5. The SMILES string of the molecule is NCc1cncn1CCc1ccc(F)c(C2OCCO2)c1F. The summed E-state index contributed by atoms with van der Waals surface area (Å²) in [6.45, 7) is 1.55. The van der Waals surface area contributed by atoms with Crippen molar-refractivity contribution >= 4 is 0 Å². The van der Waals surface area contributed by atoms with Crippen LogP contribution in [0.15, 0.2) is 24.7 Å². The molecule has 1 aliphatic heterocycles. The van der Waals surface area contributed by atoms with Gasteiger partial charge in [-0.25, -0.2) is 13.8 Å². The van der Waals surface area contributed by atoms with Crippen molar-refractivity contribution < 1.29 is 18.3 Å². The Labute approximate surface area is 126 Å². The fraction of sp³-hybridized carbons (Fsp3) is 0.400. The van der Waals surface area contributed by atoms with Crippen molar-refractivity contribution in [2.75, 3.05) is 13.2 Å². The highest BCUT2D eigenvalue weighted by molar-refractivity contribution is 5.29. The first-order valence-corrected chi connectivity index (χ1v) is 7.09. The topological polar surface area (TPSA) is 62.3 Å². The Hall–Kier alpha value is -1.83. The summed E-state index contributed by atoms with van der Waals surface area (Å²) in [5, 5.41) is 0. The van der Waals surface area contributed by atoms with Gasteiger partial charge in [-0.05, 0) is 18.1 Å². The molecule has 3 rings (SSSR count). The molecule has 0 spiro atoms. The van der Waals surface area contributed by atoms with Crippen molar-refractivity contribution in [2.45, 2.75) is 25.8 Å². The third-order valence-corrected chi connectivity index (χ3v) is 3.69. The molecule has 0 aliphatic carbocycles. The summed E-state index contributed by atoms with van der Waals surface area (Å²) in [6, 6.07) is 2.69. The number of imidazole rings is 1. The molecular formula is C15H17F2N3O2. The standard InChI is InChI=1S/C15H17F2N3O2/c16-12-2-1-10(3-4-20-9-19-8-11(20)7-18)14(17)13(12)15-21-5-6-22-15/h1-2,8-9,15H,3-7,18H2. The molecule has 0 atom stereocenters. The van der Waals surface area contributed by atoms with Gasteiger partial charge in [-0.2, -0.15) is 0 Å². The van der Waals surface area contributed by atoms with Gasteiger partial charge in [-0.1, -0.05) is 6.07 Å². The summed E-state index contributed by atoms with van der Waals surface area (Å²) in [5.41, 5.74) is 6.73. The molecule has 2 heterocycles. The molecule has 0 radical (unpaired) electrons. The molecule has 7 heteroatoms. The van der Waals surface area contributed by atoms with E-state index in [9.17, 15) is 8.78 Å². The Kier molecular flexibility index (Phi) is 4.47. The van der Waals surface area contributed by atoms with Crippen molar-refractivity contribution in [3.05, 3.63) is 53.1 Å². The van der Waals surface area contributed by atoms with Gasteiger partial charge in [0.05, 0.1) is 30.8 Å². The van der Waals surface area contributed by atoms with Crippen LogP contribution in [0.5, 0.6) is 0 Å². The highest BCUT2D eigenvalue weighted by Crippen LogP contribution is 2.30. The lowest BCUT2D eigenvalue weighted by Crippen LogP contribution is -2.11. The van der Waals surface area contributed by atoms with Crippen LogP contribution >= 0.6 is 0 Å². The molecule has 0 amide bonds. The van der Waals surface area contributed by atoms with Crippen LogP contribution in [0.2, 0.25) is 0 Å². The number of halogens is 2. The first-order chi connectivity index (χ1) is 10.7. The number of nitrogens with zero attached hydrogens (tertiary/aromatic N) is 2. The maximum absolute atomic E-state index is 14.5. The lowest BCUT2D eigenvalue weighted by molar-refractivity contribution is -0.0490. The van der Waals surface area contributed by atoms with Crippen molar-refractivity contribution in [2.24, 2.45) is 5.73 Å². The second-order valence-corrected chi connectivity index (χ2v) is 5.04. The second-order valence-electron chi connectivity index (χ2n) is 5.04. The Bertz CT molecular complexity index is 654. The summed E-state index contributed by atoms with van der Waals surface area (Å²) in [6.07, 6.45) is 2.75. The molecule has 1 aliphatic rings. The first kappa shape index (κ1) is 15.1. The molecule has 0 saturated carbocycles. The van der Waals surface area contributed by atoms with Gasteiger partial charge in [0.1, 0.15) is 11.6 Å². The minimum Gasteiger partial charge on any atom is -0.346 e. The number of nitrogens with two attached hydrogens (primary N) is 1. The minimum absolute atomic E-state index is 0.153. The van der Waals surface area contributed by atoms with Crippen molar-refractivity contribution in [1.29, 1.82) is 0 Å². The number of ether oxygens (including phenoxy) is 2. The van der Waals surface area contributed by atoms with Crippen LogP contribution in [-0.2, 0) is 29.0 Å². The van der Waals surface area contributed by atoms with Crippen LogP contribution in [0.25, 0.3) is 0 Å². The van der Waals surface area contributed by atoms with Crippen LogP contribution in [0.3, 0.4) is 0 Å². The summed E-state index contributed by atoms with van der Waals surface area (Å²) in [4.78, 5) is 4.01. The highest BCUT2D eigenvalue weighted by atomic mass is 19.1. The zero-order chi connectivity index (χ0) is 15.5. The van der Waals surface area contributed by atoms with Gasteiger partial charge in [0.2, 0.25) is 0 Å². The predicted molar refractivity (Wildman–Crippen MR) is 74.8 cm³/mol. The van der Waals surface area contributed by atoms with Crippen molar-refractivity contribution in [1.82, 2.24) is 9.55 Å². The van der Waals surface area contributed by atoms with E-state index in [1.165, 1.54) is 12.1 Å². The van der Waals surface area contributed by atoms with Crippen LogP contribution < -0.4 is 5.73 Å². The second kappa shape index (κ2) is 6.51. The monoisotopic (exact) mass is 309 g/mol. The third kappa shape index (κ3) is 2.87. The lowest BCUT2D eigenvalue weighted by Gasteiger charge is -2.14. The molecule has 1 fully saturated rings. The molecule has 5 nitrogen and oxygen atoms in total. The van der Waals surface area contributed by atoms with E-state index in [1.54, 1.807) is 12.5 Å². The normalized spacial score (nSPS) is 15.6. The summed E-state index contributed by atoms with van der Waals surface area (Å²) < 4.78 is 40.7. The molecule has 0 unspecified atom stereocenters. The van der Waals surface area contributed by atoms with E-state index in [2.05, 4.69) is 4.98 Å². The largest absolute Gasteiger partial charge is 0.346 e. The molecule has 1 saturated heterocycles. The van der Waals surface area contributed by atoms with Gasteiger partial charge < -0.3 is 19.8 Å². The summed E-state index contributed by atoms with van der Waals surface area (Å²) in [5.74, 6) is -1.26. The van der Waals surface area contributed by atoms with E-state index < -0.39 is 17.9 Å². The van der Waals surface area contributed by atoms with Gasteiger partial charge in [0, 0.05) is 19.3 Å². The van der Waals surface area contributed by atoms with Gasteiger partial charge >= 0.3 is 0 Å². The van der Waals surface area contributed by atoms with Gasteiger partial charge in [-0.3, -0.25) is 0 Å². The average molecular weight is 309 g/mol. The maximum Gasteiger partial charge on any atom is 0.189 e. The molecule has 2 N–H and O–H groups in total. The number of hydrogen-bond donors (Lipinski definition) is 1. The molecule has 0 bridgehead atoms. The lowest BCUT2D eigenvalue weighted by atomic mass is 10.1. The van der Waals surface area contributed by atoms with Crippen molar-refractivity contribution in [3.8, 4) is 0 Å². The van der Waals surface area contributed by atoms with Crippen LogP contribution in [0.1, 0.15) is 23.1 Å². The van der Waals surface area contributed by atoms with Crippen LogP contribution in [0, 0.1) is 11.6 Å². The fourth-order valence-electron chi connectivity index (χ4n) is 2.51. The smallest absolute Gasteiger partial charge is 0.189 e. The molecule has 22 heavy (non-hydrogen) atoms. The van der Waals surface area contributed by atoms with E-state index >= 15 is 0 Å². The predicted octanol–water partition coefficient (Wildman–Crippen LogP) is 1.91. The number of hydrogen-bond acceptors (Lipinski definition) is 4. The number of aromatic nitrogens is 2. The van der Waals surface area contributed by atoms with Crippen molar-refractivity contribution in [3.63, 3.8) is 0 Å². The quantitative estimate of drug-likeness (QED) is 0.916. The average Bonchev–Trinajstić information content (AvgIpc) is 3.17. The molecule has 118 valence electrons. The van der Waals surface area contributed by atoms with Crippen LogP contribution in [0.4, 0.5) is 8.78 Å².